The Balaban J connectivity index is 3.03. The summed E-state index contributed by atoms with van der Waals surface area (Å²) >= 11 is 0. The Morgan fingerprint density at radius 3 is 2.27 bits per heavy atom. The van der Waals surface area contributed by atoms with Crippen molar-refractivity contribution in [1.82, 2.24) is 3.71 Å². The highest BCUT2D eigenvalue weighted by molar-refractivity contribution is 8.06. The third kappa shape index (κ3) is 1.15. The Morgan fingerprint density at radius 1 is 1.13 bits per heavy atom. The minimum atomic E-state index is -4.25. The molecule has 0 saturated carbocycles. The molecule has 1 heterocycles. The van der Waals surface area contributed by atoms with Crippen LogP contribution >= 0.6 is 0 Å². The molecule has 5 nitrogen and oxygen atoms in total. The third-order valence-corrected chi connectivity index (χ3v) is 6.63. The molecule has 0 spiro atoms. The van der Waals surface area contributed by atoms with Gasteiger partial charge in [-0.1, -0.05) is 9.78 Å². The summed E-state index contributed by atoms with van der Waals surface area (Å²) in [6.07, 6.45) is 0. The number of fused-ring (bicyclic) bond motifs is 1. The molecule has 0 aliphatic carbocycles. The van der Waals surface area contributed by atoms with E-state index in [0.717, 1.165) is 25.2 Å². The number of hydrogen-bond donors (Lipinski definition) is 0. The van der Waals surface area contributed by atoms with Crippen molar-refractivity contribution >= 4 is 20.0 Å². The van der Waals surface area contributed by atoms with Crippen LogP contribution in [-0.2, 0) is 20.0 Å². The topological polar surface area (TPSA) is 71.5 Å². The van der Waals surface area contributed by atoms with Crippen molar-refractivity contribution in [2.75, 3.05) is 7.05 Å². The van der Waals surface area contributed by atoms with E-state index in [0.29, 0.717) is 0 Å². The van der Waals surface area contributed by atoms with Gasteiger partial charge in [-0.25, -0.2) is 21.2 Å². The molecular weight excluding hydrogens is 245 g/mol. The third-order valence-electron chi connectivity index (χ3n) is 2.14. The molecule has 1 aliphatic heterocycles. The lowest BCUT2D eigenvalue weighted by Crippen LogP contribution is -2.25. The second-order valence-electron chi connectivity index (χ2n) is 2.96. The monoisotopic (exact) mass is 251 g/mol. The van der Waals surface area contributed by atoms with Gasteiger partial charge >= 0.3 is 0 Å². The maximum absolute atomic E-state index is 13.2. The van der Waals surface area contributed by atoms with Gasteiger partial charge in [0.05, 0.1) is 0 Å². The molecule has 1 aromatic carbocycles. The first-order valence-electron chi connectivity index (χ1n) is 3.82. The summed E-state index contributed by atoms with van der Waals surface area (Å²) in [5, 5.41) is 0. The number of halogens is 1. The molecule has 0 unspecified atom stereocenters. The molecule has 0 fully saturated rings. The first-order valence-corrected chi connectivity index (χ1v) is 6.70. The molecule has 8 heteroatoms. The van der Waals surface area contributed by atoms with E-state index in [1.807, 2.05) is 0 Å². The van der Waals surface area contributed by atoms with Crippen LogP contribution in [0.5, 0.6) is 0 Å². The largest absolute Gasteiger partial charge is 0.260 e. The van der Waals surface area contributed by atoms with Gasteiger partial charge in [-0.15, -0.1) is 0 Å². The van der Waals surface area contributed by atoms with Gasteiger partial charge in [0.15, 0.2) is 0 Å². The predicted octanol–water partition coefficient (Wildman–Crippen LogP) is 0.149. The molecule has 15 heavy (non-hydrogen) atoms. The highest BCUT2D eigenvalue weighted by atomic mass is 32.3. The number of sulfonamides is 2. The van der Waals surface area contributed by atoms with E-state index in [9.17, 15) is 21.2 Å². The fourth-order valence-corrected chi connectivity index (χ4v) is 5.22. The van der Waals surface area contributed by atoms with Crippen LogP contribution in [0.15, 0.2) is 28.0 Å². The van der Waals surface area contributed by atoms with Crippen LogP contribution in [0, 0.1) is 5.82 Å². The molecule has 0 N–H and O–H groups in total. The normalized spacial score (nSPS) is 22.5. The second-order valence-corrected chi connectivity index (χ2v) is 7.03. The quantitative estimate of drug-likeness (QED) is 0.658. The van der Waals surface area contributed by atoms with Crippen molar-refractivity contribution in [2.24, 2.45) is 0 Å². The second kappa shape index (κ2) is 2.77. The zero-order valence-electron chi connectivity index (χ0n) is 7.51. The Morgan fingerprint density at radius 2 is 1.73 bits per heavy atom. The van der Waals surface area contributed by atoms with E-state index < -0.39 is 35.7 Å². The summed E-state index contributed by atoms with van der Waals surface area (Å²) in [6.45, 7) is 0. The number of nitrogens with zero attached hydrogens (tertiary/aromatic N) is 1. The van der Waals surface area contributed by atoms with E-state index in [-0.39, 0.29) is 3.71 Å². The maximum Gasteiger partial charge on any atom is 0.260 e. The Hall–Kier alpha value is -0.990. The van der Waals surface area contributed by atoms with Gasteiger partial charge in [-0.05, 0) is 12.1 Å². The fourth-order valence-electron chi connectivity index (χ4n) is 1.34. The molecule has 0 atom stereocenters. The molecule has 1 aromatic rings. The summed E-state index contributed by atoms with van der Waals surface area (Å²) in [5.41, 5.74) is 0. The van der Waals surface area contributed by atoms with Crippen LogP contribution in [0.2, 0.25) is 0 Å². The van der Waals surface area contributed by atoms with Crippen LogP contribution in [0.4, 0.5) is 4.39 Å². The van der Waals surface area contributed by atoms with E-state index in [4.69, 9.17) is 0 Å². The number of hydrogen-bond acceptors (Lipinski definition) is 4. The van der Waals surface area contributed by atoms with Crippen molar-refractivity contribution in [3.05, 3.63) is 24.0 Å². The van der Waals surface area contributed by atoms with Crippen LogP contribution in [-0.4, -0.2) is 27.6 Å². The average Bonchev–Trinajstić information content (AvgIpc) is 2.27. The van der Waals surface area contributed by atoms with E-state index in [2.05, 4.69) is 0 Å². The molecule has 82 valence electrons. The molecule has 0 saturated heterocycles. The van der Waals surface area contributed by atoms with Crippen molar-refractivity contribution in [3.8, 4) is 0 Å². The van der Waals surface area contributed by atoms with Gasteiger partial charge in [0.1, 0.15) is 15.6 Å². The number of benzene rings is 1. The first kappa shape index (κ1) is 10.5. The highest BCUT2D eigenvalue weighted by Gasteiger charge is 2.46. The zero-order valence-corrected chi connectivity index (χ0v) is 9.14. The summed E-state index contributed by atoms with van der Waals surface area (Å²) in [6, 6.07) is 3.13. The average molecular weight is 251 g/mol. The van der Waals surface area contributed by atoms with Crippen LogP contribution in [0.25, 0.3) is 0 Å². The number of rotatable bonds is 0. The minimum absolute atomic E-state index is 0.174. The Labute approximate surface area is 86.2 Å². The van der Waals surface area contributed by atoms with Crippen molar-refractivity contribution in [3.63, 3.8) is 0 Å². The van der Waals surface area contributed by atoms with Gasteiger partial charge in [-0.3, -0.25) is 0 Å². The minimum Gasteiger partial charge on any atom is -0.206 e. The van der Waals surface area contributed by atoms with Crippen LogP contribution < -0.4 is 0 Å². The lowest BCUT2D eigenvalue weighted by molar-refractivity contribution is 0.533. The van der Waals surface area contributed by atoms with E-state index in [1.54, 1.807) is 0 Å². The molecule has 1 aliphatic rings. The maximum atomic E-state index is 13.2. The van der Waals surface area contributed by atoms with E-state index in [1.165, 1.54) is 0 Å². The highest BCUT2D eigenvalue weighted by Crippen LogP contribution is 2.36. The van der Waals surface area contributed by atoms with Gasteiger partial charge in [0.25, 0.3) is 20.0 Å². The molecule has 0 aromatic heterocycles. The summed E-state index contributed by atoms with van der Waals surface area (Å²) in [4.78, 5) is -1.28. The predicted molar refractivity (Wildman–Crippen MR) is 48.5 cm³/mol. The SMILES string of the molecule is CN1S(=O)(=O)c2cccc(F)c2S1(=O)=O. The zero-order chi connectivity index (χ0) is 11.4. The molecular formula is C7H6FNO4S2. The smallest absolute Gasteiger partial charge is 0.206 e. The van der Waals surface area contributed by atoms with Gasteiger partial charge in [-0.2, -0.15) is 0 Å². The summed E-state index contributed by atoms with van der Waals surface area (Å²) < 4.78 is 59.5. The van der Waals surface area contributed by atoms with Crippen molar-refractivity contribution in [2.45, 2.75) is 9.79 Å². The summed E-state index contributed by atoms with van der Waals surface area (Å²) in [5.74, 6) is -1.06. The lowest BCUT2D eigenvalue weighted by atomic mass is 10.3. The molecule has 0 amide bonds. The van der Waals surface area contributed by atoms with E-state index >= 15 is 0 Å². The van der Waals surface area contributed by atoms with Gasteiger partial charge in [0.2, 0.25) is 0 Å². The fraction of sp³-hybridized carbons (Fsp3) is 0.143. The molecule has 2 rings (SSSR count). The first-order chi connectivity index (χ1) is 6.79. The molecule has 0 bridgehead atoms. The Bertz CT molecular complexity index is 635. The Kier molecular flexibility index (Phi) is 1.95. The lowest BCUT2D eigenvalue weighted by Gasteiger charge is -2.04. The molecule has 0 radical (unpaired) electrons. The standard InChI is InChI=1S/C7H6FNO4S2/c1-9-14(10,11)6-4-2-3-5(8)7(6)15(9,12)13/h2-4H,1H3. The van der Waals surface area contributed by atoms with Crippen molar-refractivity contribution < 1.29 is 21.2 Å². The van der Waals surface area contributed by atoms with Gasteiger partial charge < -0.3 is 0 Å². The van der Waals surface area contributed by atoms with Crippen LogP contribution in [0.1, 0.15) is 0 Å². The van der Waals surface area contributed by atoms with Gasteiger partial charge in [0, 0.05) is 7.05 Å². The summed E-state index contributed by atoms with van der Waals surface area (Å²) in [7, 11) is -7.48. The van der Waals surface area contributed by atoms with Crippen LogP contribution in [0.3, 0.4) is 0 Å². The van der Waals surface area contributed by atoms with Crippen molar-refractivity contribution in [1.29, 1.82) is 0 Å².